The Morgan fingerprint density at radius 1 is 0.905 bits per heavy atom. The van der Waals surface area contributed by atoms with Crippen molar-refractivity contribution in [2.75, 3.05) is 19.8 Å². The molecule has 0 unspecified atom stereocenters. The first-order chi connectivity index (χ1) is 9.99. The molecule has 2 fully saturated rings. The van der Waals surface area contributed by atoms with E-state index in [9.17, 15) is 25.5 Å². The fraction of sp³-hybridized carbons (Fsp3) is 1.00. The highest BCUT2D eigenvalue weighted by atomic mass is 16.7. The average molecular weight is 310 g/mol. The quantitative estimate of drug-likeness (QED) is 0.308. The van der Waals surface area contributed by atoms with Gasteiger partial charge in [-0.2, -0.15) is 0 Å². The smallest absolute Gasteiger partial charge is 0.187 e. The van der Waals surface area contributed by atoms with E-state index < -0.39 is 55.6 Å². The lowest BCUT2D eigenvalue weighted by atomic mass is 9.98. The second-order valence-corrected chi connectivity index (χ2v) is 5.25. The first kappa shape index (κ1) is 17.0. The molecule has 0 aromatic heterocycles. The van der Waals surface area contributed by atoms with Gasteiger partial charge in [-0.3, -0.25) is 0 Å². The molecule has 0 radical (unpaired) electrons. The van der Waals surface area contributed by atoms with Gasteiger partial charge in [-0.05, 0) is 6.42 Å². The van der Waals surface area contributed by atoms with Gasteiger partial charge in [-0.25, -0.2) is 0 Å². The van der Waals surface area contributed by atoms with Gasteiger partial charge in [0.25, 0.3) is 0 Å². The minimum Gasteiger partial charge on any atom is -0.394 e. The molecule has 0 aromatic rings. The van der Waals surface area contributed by atoms with E-state index in [2.05, 4.69) is 0 Å². The van der Waals surface area contributed by atoms with E-state index in [1.807, 2.05) is 0 Å². The van der Waals surface area contributed by atoms with E-state index in [-0.39, 0.29) is 13.2 Å². The van der Waals surface area contributed by atoms with Crippen molar-refractivity contribution in [1.82, 2.24) is 0 Å². The monoisotopic (exact) mass is 310 g/mol. The fourth-order valence-corrected chi connectivity index (χ4v) is 2.52. The minimum absolute atomic E-state index is 0.265. The Hall–Kier alpha value is -0.360. The molecule has 0 aliphatic carbocycles. The second-order valence-electron chi connectivity index (χ2n) is 5.25. The van der Waals surface area contributed by atoms with Gasteiger partial charge in [0, 0.05) is 6.61 Å². The van der Waals surface area contributed by atoms with Crippen LogP contribution in [0.2, 0.25) is 0 Å². The lowest BCUT2D eigenvalue weighted by molar-refractivity contribution is -0.330. The van der Waals surface area contributed by atoms with Gasteiger partial charge in [0.2, 0.25) is 0 Å². The summed E-state index contributed by atoms with van der Waals surface area (Å²) in [6, 6.07) is 0. The highest BCUT2D eigenvalue weighted by Gasteiger charge is 2.46. The Morgan fingerprint density at radius 3 is 2.19 bits per heavy atom. The second kappa shape index (κ2) is 7.27. The largest absolute Gasteiger partial charge is 0.394 e. The maximum absolute atomic E-state index is 9.91. The maximum Gasteiger partial charge on any atom is 0.187 e. The predicted molar refractivity (Wildman–Crippen MR) is 66.1 cm³/mol. The van der Waals surface area contributed by atoms with Crippen LogP contribution in [0.25, 0.3) is 0 Å². The first-order valence-corrected chi connectivity index (χ1v) is 6.86. The summed E-state index contributed by atoms with van der Waals surface area (Å²) in [5, 5.41) is 57.4. The summed E-state index contributed by atoms with van der Waals surface area (Å²) in [6.07, 6.45) is -9.44. The van der Waals surface area contributed by atoms with Crippen LogP contribution in [0, 0.1) is 0 Å². The molecule has 0 spiro atoms. The molecule has 8 atom stereocenters. The van der Waals surface area contributed by atoms with Crippen LogP contribution in [0.5, 0.6) is 0 Å². The SMILES string of the molecule is OC[C@H]1O[C@@H](O[C@H]2[C@H](O)CCO[C@@H]2CO)[C@H](O)[C@@H](O)[C@H]1O. The molecule has 0 bridgehead atoms. The molecule has 6 N–H and O–H groups in total. The van der Waals surface area contributed by atoms with Gasteiger partial charge in [-0.1, -0.05) is 0 Å². The van der Waals surface area contributed by atoms with Crippen LogP contribution in [-0.2, 0) is 14.2 Å². The summed E-state index contributed by atoms with van der Waals surface area (Å²) >= 11 is 0. The van der Waals surface area contributed by atoms with Gasteiger partial charge in [0.1, 0.15) is 36.6 Å². The third-order valence-electron chi connectivity index (χ3n) is 3.81. The van der Waals surface area contributed by atoms with E-state index in [4.69, 9.17) is 19.3 Å². The summed E-state index contributed by atoms with van der Waals surface area (Å²) in [5.74, 6) is 0. The van der Waals surface area contributed by atoms with Crippen molar-refractivity contribution in [3.63, 3.8) is 0 Å². The van der Waals surface area contributed by atoms with Crippen molar-refractivity contribution in [1.29, 1.82) is 0 Å². The van der Waals surface area contributed by atoms with Gasteiger partial charge >= 0.3 is 0 Å². The van der Waals surface area contributed by atoms with Crippen LogP contribution >= 0.6 is 0 Å². The Bertz CT molecular complexity index is 326. The van der Waals surface area contributed by atoms with Crippen molar-refractivity contribution in [2.24, 2.45) is 0 Å². The van der Waals surface area contributed by atoms with Gasteiger partial charge in [0.05, 0.1) is 19.3 Å². The van der Waals surface area contributed by atoms with Crippen molar-refractivity contribution in [3.05, 3.63) is 0 Å². The number of aliphatic hydroxyl groups is 6. The predicted octanol–water partition coefficient (Wildman–Crippen LogP) is -3.69. The third-order valence-corrected chi connectivity index (χ3v) is 3.81. The number of aliphatic hydroxyl groups excluding tert-OH is 6. The van der Waals surface area contributed by atoms with E-state index in [1.54, 1.807) is 0 Å². The van der Waals surface area contributed by atoms with Gasteiger partial charge in [0.15, 0.2) is 6.29 Å². The van der Waals surface area contributed by atoms with Gasteiger partial charge in [-0.15, -0.1) is 0 Å². The third kappa shape index (κ3) is 3.52. The molecular weight excluding hydrogens is 288 g/mol. The molecule has 124 valence electrons. The van der Waals surface area contributed by atoms with Crippen LogP contribution in [0.1, 0.15) is 6.42 Å². The van der Waals surface area contributed by atoms with Crippen LogP contribution in [-0.4, -0.2) is 99.5 Å². The molecule has 2 aliphatic heterocycles. The van der Waals surface area contributed by atoms with Crippen LogP contribution in [0.15, 0.2) is 0 Å². The van der Waals surface area contributed by atoms with Gasteiger partial charge < -0.3 is 44.8 Å². The average Bonchev–Trinajstić information content (AvgIpc) is 2.49. The molecule has 9 heteroatoms. The molecule has 2 heterocycles. The van der Waals surface area contributed by atoms with E-state index >= 15 is 0 Å². The summed E-state index contributed by atoms with van der Waals surface area (Å²) in [7, 11) is 0. The van der Waals surface area contributed by atoms with Crippen molar-refractivity contribution >= 4 is 0 Å². The topological polar surface area (TPSA) is 149 Å². The summed E-state index contributed by atoms with van der Waals surface area (Å²) in [5.41, 5.74) is 0. The Morgan fingerprint density at radius 2 is 1.57 bits per heavy atom. The normalized spacial score (nSPS) is 48.3. The molecule has 21 heavy (non-hydrogen) atoms. The Balaban J connectivity index is 2.05. The Labute approximate surface area is 121 Å². The lowest BCUT2D eigenvalue weighted by Crippen LogP contribution is -2.61. The van der Waals surface area contributed by atoms with E-state index in [0.717, 1.165) is 0 Å². The summed E-state index contributed by atoms with van der Waals surface area (Å²) in [6.45, 7) is -0.696. The standard InChI is InChI=1S/C12H22O9/c13-3-6-8(16)9(17)10(18)12(20-6)21-11-5(15)1-2-19-7(11)4-14/h5-18H,1-4H2/t5-,6-,7-,8+,9+,10-,11+,12+/m1/s1. The molecule has 0 aromatic carbocycles. The molecule has 0 saturated carbocycles. The number of hydrogen-bond acceptors (Lipinski definition) is 9. The first-order valence-electron chi connectivity index (χ1n) is 6.86. The molecule has 2 rings (SSSR count). The fourth-order valence-electron chi connectivity index (χ4n) is 2.52. The Kier molecular flexibility index (Phi) is 5.88. The number of hydrogen-bond donors (Lipinski definition) is 6. The molecule has 2 aliphatic rings. The van der Waals surface area contributed by atoms with Crippen LogP contribution in [0.4, 0.5) is 0 Å². The van der Waals surface area contributed by atoms with E-state index in [0.29, 0.717) is 6.42 Å². The molecule has 2 saturated heterocycles. The molecule has 9 nitrogen and oxygen atoms in total. The van der Waals surface area contributed by atoms with Crippen molar-refractivity contribution < 1.29 is 44.8 Å². The van der Waals surface area contributed by atoms with Crippen LogP contribution < -0.4 is 0 Å². The maximum atomic E-state index is 9.91. The zero-order valence-electron chi connectivity index (χ0n) is 11.4. The van der Waals surface area contributed by atoms with Crippen molar-refractivity contribution in [2.45, 2.75) is 55.4 Å². The number of rotatable bonds is 4. The van der Waals surface area contributed by atoms with Crippen LogP contribution in [0.3, 0.4) is 0 Å². The molecular formula is C12H22O9. The summed E-state index contributed by atoms with van der Waals surface area (Å²) < 4.78 is 15.9. The lowest BCUT2D eigenvalue weighted by Gasteiger charge is -2.43. The number of ether oxygens (including phenoxy) is 3. The molecule has 0 amide bonds. The highest BCUT2D eigenvalue weighted by molar-refractivity contribution is 4.91. The highest BCUT2D eigenvalue weighted by Crippen LogP contribution is 2.26. The zero-order chi connectivity index (χ0) is 15.6. The summed E-state index contributed by atoms with van der Waals surface area (Å²) in [4.78, 5) is 0. The minimum atomic E-state index is -1.56. The zero-order valence-corrected chi connectivity index (χ0v) is 11.4. The van der Waals surface area contributed by atoms with Crippen molar-refractivity contribution in [3.8, 4) is 0 Å². The van der Waals surface area contributed by atoms with E-state index in [1.165, 1.54) is 0 Å².